The minimum atomic E-state index is -2.37. The number of piperidine rings is 1. The zero-order chi connectivity index (χ0) is 25.6. The lowest BCUT2D eigenvalue weighted by molar-refractivity contribution is 0.176. The largest absolute Gasteiger partial charge is 0.507 e. The number of benzene rings is 1. The van der Waals surface area contributed by atoms with Crippen LogP contribution in [0.25, 0.3) is 22.5 Å². The third-order valence-electron chi connectivity index (χ3n) is 6.41. The standard InChI is InChI=1S/C23H24F2N6OS/c1-31(17-10-14-4-6-16(27-14)22(17)25)20-11-26-23(30-29-20)15-5-3-12(7-18(15)32)13-8-19(24)28-21(9-13)33-2/h3,5,7-9,11,14,16-17,22,27,32H,4,6,10H2,1-2H3/t14-,16-,17+,22-/m0/s1/i2D3. The van der Waals surface area contributed by atoms with E-state index in [2.05, 4.69) is 25.5 Å². The van der Waals surface area contributed by atoms with Gasteiger partial charge in [-0.3, -0.25) is 0 Å². The molecule has 2 N–H and O–H groups in total. The Morgan fingerprint density at radius 3 is 2.85 bits per heavy atom. The van der Waals surface area contributed by atoms with E-state index < -0.39 is 18.3 Å². The molecule has 0 amide bonds. The maximum Gasteiger partial charge on any atom is 0.214 e. The Kier molecular flexibility index (Phi) is 4.97. The van der Waals surface area contributed by atoms with Gasteiger partial charge >= 0.3 is 0 Å². The van der Waals surface area contributed by atoms with Gasteiger partial charge in [-0.2, -0.15) is 4.39 Å². The molecule has 2 aromatic heterocycles. The lowest BCUT2D eigenvalue weighted by Gasteiger charge is -2.38. The summed E-state index contributed by atoms with van der Waals surface area (Å²) in [4.78, 5) is 9.72. The minimum Gasteiger partial charge on any atom is -0.507 e. The topological polar surface area (TPSA) is 87.1 Å². The Labute approximate surface area is 198 Å². The number of aromatic nitrogens is 4. The van der Waals surface area contributed by atoms with Crippen molar-refractivity contribution in [3.8, 4) is 28.3 Å². The Bertz CT molecular complexity index is 1270. The van der Waals surface area contributed by atoms with Gasteiger partial charge in [0.15, 0.2) is 11.6 Å². The fourth-order valence-electron chi connectivity index (χ4n) is 4.66. The highest BCUT2D eigenvalue weighted by molar-refractivity contribution is 7.98. The fraction of sp³-hybridized carbons (Fsp3) is 0.391. The first-order chi connectivity index (χ1) is 17.1. The van der Waals surface area contributed by atoms with E-state index in [9.17, 15) is 13.9 Å². The van der Waals surface area contributed by atoms with Gasteiger partial charge in [-0.25, -0.2) is 14.4 Å². The summed E-state index contributed by atoms with van der Waals surface area (Å²) in [7, 11) is 1.78. The highest BCUT2D eigenvalue weighted by Crippen LogP contribution is 2.35. The van der Waals surface area contributed by atoms with Crippen molar-refractivity contribution in [2.24, 2.45) is 0 Å². The number of phenolic OH excluding ortho intramolecular Hbond substituents is 1. The van der Waals surface area contributed by atoms with Gasteiger partial charge < -0.3 is 15.3 Å². The summed E-state index contributed by atoms with van der Waals surface area (Å²) >= 11 is 0.473. The molecule has 33 heavy (non-hydrogen) atoms. The van der Waals surface area contributed by atoms with Crippen LogP contribution in [0.2, 0.25) is 0 Å². The molecular formula is C23H24F2N6OS. The van der Waals surface area contributed by atoms with Crippen LogP contribution in [-0.2, 0) is 0 Å². The van der Waals surface area contributed by atoms with Crippen LogP contribution in [0.3, 0.4) is 0 Å². The summed E-state index contributed by atoms with van der Waals surface area (Å²) in [6.45, 7) is 0. The zero-order valence-electron chi connectivity index (χ0n) is 20.7. The van der Waals surface area contributed by atoms with Crippen LogP contribution in [0.4, 0.5) is 14.6 Å². The number of aromatic hydroxyl groups is 1. The second kappa shape index (κ2) is 8.83. The Balaban J connectivity index is 1.35. The summed E-state index contributed by atoms with van der Waals surface area (Å²) in [6.07, 6.45) is 0.612. The molecule has 10 heteroatoms. The molecule has 5 rings (SSSR count). The Morgan fingerprint density at radius 1 is 1.21 bits per heavy atom. The molecule has 1 aromatic carbocycles. The average molecular weight is 474 g/mol. The van der Waals surface area contributed by atoms with E-state index in [4.69, 9.17) is 4.11 Å². The van der Waals surface area contributed by atoms with Crippen LogP contribution in [0.15, 0.2) is 41.6 Å². The van der Waals surface area contributed by atoms with E-state index in [1.165, 1.54) is 18.3 Å². The van der Waals surface area contributed by atoms with Gasteiger partial charge in [0, 0.05) is 29.3 Å². The van der Waals surface area contributed by atoms with Crippen molar-refractivity contribution < 1.29 is 18.0 Å². The SMILES string of the molecule is [2H]C([2H])([2H])Sc1cc(-c2ccc(-c3ncc(N(C)[C@@H]4C[C@@H]5CC[C@H](N5)[C@@H]4F)nn3)c(O)c2)cc(F)n1. The number of thioether (sulfide) groups is 1. The van der Waals surface area contributed by atoms with E-state index in [1.807, 2.05) is 0 Å². The second-order valence-corrected chi connectivity index (χ2v) is 9.02. The fourth-order valence-corrected chi connectivity index (χ4v) is 4.98. The molecule has 0 radical (unpaired) electrons. The molecule has 2 aliphatic heterocycles. The summed E-state index contributed by atoms with van der Waals surface area (Å²) < 4.78 is 51.0. The first kappa shape index (κ1) is 18.6. The monoisotopic (exact) mass is 473 g/mol. The quantitative estimate of drug-likeness (QED) is 0.427. The molecule has 2 bridgehead atoms. The zero-order valence-corrected chi connectivity index (χ0v) is 18.6. The number of phenols is 1. The molecule has 0 unspecified atom stereocenters. The van der Waals surface area contributed by atoms with Gasteiger partial charge in [-0.15, -0.1) is 22.0 Å². The van der Waals surface area contributed by atoms with Crippen molar-refractivity contribution in [1.29, 1.82) is 0 Å². The lowest BCUT2D eigenvalue weighted by atomic mass is 9.96. The van der Waals surface area contributed by atoms with Crippen molar-refractivity contribution in [2.45, 2.75) is 48.6 Å². The predicted octanol–water partition coefficient (Wildman–Crippen LogP) is 3.83. The first-order valence-corrected chi connectivity index (χ1v) is 11.4. The normalized spacial score (nSPS) is 25.8. The van der Waals surface area contributed by atoms with E-state index in [0.29, 0.717) is 46.7 Å². The maximum atomic E-state index is 14.9. The minimum absolute atomic E-state index is 0.0121. The molecule has 7 nitrogen and oxygen atoms in total. The predicted molar refractivity (Wildman–Crippen MR) is 124 cm³/mol. The molecule has 0 saturated carbocycles. The van der Waals surface area contributed by atoms with Crippen molar-refractivity contribution in [3.63, 3.8) is 0 Å². The first-order valence-electron chi connectivity index (χ1n) is 12.1. The number of fused-ring (bicyclic) bond motifs is 2. The van der Waals surface area contributed by atoms with Crippen LogP contribution < -0.4 is 10.2 Å². The third kappa shape index (κ3) is 4.24. The highest BCUT2D eigenvalue weighted by Gasteiger charge is 2.43. The van der Waals surface area contributed by atoms with Gasteiger partial charge in [0.25, 0.3) is 0 Å². The number of nitrogens with zero attached hydrogens (tertiary/aromatic N) is 5. The van der Waals surface area contributed by atoms with Crippen LogP contribution in [0.1, 0.15) is 23.4 Å². The summed E-state index contributed by atoms with van der Waals surface area (Å²) in [5.74, 6) is -0.364. The number of hydrogen-bond acceptors (Lipinski definition) is 8. The van der Waals surface area contributed by atoms with Gasteiger partial charge in [-0.1, -0.05) is 6.07 Å². The Morgan fingerprint density at radius 2 is 2.09 bits per heavy atom. The van der Waals surface area contributed by atoms with Crippen molar-refractivity contribution in [2.75, 3.05) is 18.1 Å². The lowest BCUT2D eigenvalue weighted by Crippen LogP contribution is -2.55. The molecule has 2 fully saturated rings. The summed E-state index contributed by atoms with van der Waals surface area (Å²) in [6, 6.07) is 7.08. The van der Waals surface area contributed by atoms with E-state index in [-0.39, 0.29) is 28.7 Å². The number of halogens is 2. The third-order valence-corrected chi connectivity index (χ3v) is 6.83. The molecule has 2 aliphatic rings. The Hall–Kier alpha value is -2.85. The molecule has 172 valence electrons. The van der Waals surface area contributed by atoms with Gasteiger partial charge in [0.2, 0.25) is 5.95 Å². The van der Waals surface area contributed by atoms with Crippen molar-refractivity contribution >= 4 is 17.6 Å². The van der Waals surface area contributed by atoms with Crippen LogP contribution >= 0.6 is 11.8 Å². The van der Waals surface area contributed by atoms with Crippen LogP contribution in [-0.4, -0.2) is 62.8 Å². The smallest absolute Gasteiger partial charge is 0.214 e. The van der Waals surface area contributed by atoms with E-state index in [1.54, 1.807) is 24.1 Å². The van der Waals surface area contributed by atoms with Crippen molar-refractivity contribution in [1.82, 2.24) is 25.5 Å². The van der Waals surface area contributed by atoms with Gasteiger partial charge in [0.1, 0.15) is 11.9 Å². The second-order valence-electron chi connectivity index (χ2n) is 8.40. The van der Waals surface area contributed by atoms with E-state index in [0.717, 1.165) is 18.9 Å². The number of rotatable bonds is 5. The molecule has 0 aliphatic carbocycles. The number of hydrogen-bond donors (Lipinski definition) is 2. The molecule has 3 aromatic rings. The number of pyridine rings is 1. The molecular weight excluding hydrogens is 446 g/mol. The number of alkyl halides is 1. The average Bonchev–Trinajstić information content (AvgIpc) is 3.23. The molecule has 4 heterocycles. The number of anilines is 1. The molecule has 2 saturated heterocycles. The van der Waals surface area contributed by atoms with Crippen molar-refractivity contribution in [3.05, 3.63) is 42.5 Å². The molecule has 4 atom stereocenters. The highest BCUT2D eigenvalue weighted by atomic mass is 32.2. The summed E-state index contributed by atoms with van der Waals surface area (Å²) in [5.41, 5.74) is 1.14. The van der Waals surface area contributed by atoms with Crippen LogP contribution in [0.5, 0.6) is 5.75 Å². The maximum absolute atomic E-state index is 14.9. The van der Waals surface area contributed by atoms with Gasteiger partial charge in [0.05, 0.1) is 22.8 Å². The number of nitrogens with one attached hydrogen (secondary N) is 1. The molecule has 0 spiro atoms. The van der Waals surface area contributed by atoms with E-state index >= 15 is 0 Å². The van der Waals surface area contributed by atoms with Crippen LogP contribution in [0, 0.1) is 5.95 Å². The van der Waals surface area contributed by atoms with Gasteiger partial charge in [-0.05, 0) is 54.8 Å². The summed E-state index contributed by atoms with van der Waals surface area (Å²) in [5, 5.41) is 22.3.